The monoisotopic (exact) mass is 539 g/mol. The molecule has 5 rings (SSSR count). The fourth-order valence-electron chi connectivity index (χ4n) is 4.45. The molecule has 0 radical (unpaired) electrons. The topological polar surface area (TPSA) is 68.1 Å². The first kappa shape index (κ1) is 24.6. The summed E-state index contributed by atoms with van der Waals surface area (Å²) in [5, 5.41) is 17.7. The molecule has 8 heteroatoms. The van der Waals surface area contributed by atoms with E-state index in [1.165, 1.54) is 0 Å². The number of rotatable bonds is 7. The van der Waals surface area contributed by atoms with Crippen molar-refractivity contribution in [3.05, 3.63) is 87.2 Å². The third-order valence-electron chi connectivity index (χ3n) is 6.31. The van der Waals surface area contributed by atoms with Gasteiger partial charge in [0.15, 0.2) is 0 Å². The number of carboxylic acids is 1. The Morgan fingerprint density at radius 2 is 1.83 bits per heavy atom. The second kappa shape index (κ2) is 10.1. The molecule has 0 aliphatic carbocycles. The fraction of sp³-hybridized carbons (Fsp3) is 0.214. The van der Waals surface area contributed by atoms with Crippen molar-refractivity contribution in [2.24, 2.45) is 17.0 Å². The molecule has 0 amide bonds. The van der Waals surface area contributed by atoms with Crippen LogP contribution in [0.4, 0.5) is 0 Å². The van der Waals surface area contributed by atoms with E-state index in [9.17, 15) is 9.90 Å². The van der Waals surface area contributed by atoms with Crippen LogP contribution in [0.2, 0.25) is 10.0 Å². The molecule has 2 unspecified atom stereocenters. The lowest BCUT2D eigenvalue weighted by atomic mass is 9.87. The molecular weight excluding hydrogens is 517 g/mol. The van der Waals surface area contributed by atoms with Gasteiger partial charge >= 0.3 is 5.97 Å². The molecule has 0 saturated heterocycles. The third-order valence-corrected chi connectivity index (χ3v) is 7.91. The fourth-order valence-corrected chi connectivity index (χ4v) is 5.99. The normalized spacial score (nSPS) is 17.3. The summed E-state index contributed by atoms with van der Waals surface area (Å²) < 4.78 is 7.23. The smallest absolute Gasteiger partial charge is 0.335 e. The summed E-state index contributed by atoms with van der Waals surface area (Å²) in [5.41, 5.74) is 3.64. The van der Waals surface area contributed by atoms with Crippen molar-refractivity contribution in [2.45, 2.75) is 20.0 Å². The van der Waals surface area contributed by atoms with Gasteiger partial charge in [-0.05, 0) is 59.3 Å². The quantitative estimate of drug-likeness (QED) is 0.258. The number of benzene rings is 3. The van der Waals surface area contributed by atoms with E-state index in [0.717, 1.165) is 21.2 Å². The average Bonchev–Trinajstić information content (AvgIpc) is 3.47. The molecule has 3 aromatic carbocycles. The van der Waals surface area contributed by atoms with Gasteiger partial charge < -0.3 is 14.7 Å². The van der Waals surface area contributed by atoms with Crippen molar-refractivity contribution in [2.75, 3.05) is 6.61 Å². The molecule has 5 nitrogen and oxygen atoms in total. The number of oxime groups is 1. The van der Waals surface area contributed by atoms with Crippen LogP contribution in [0.3, 0.4) is 0 Å². The highest BCUT2D eigenvalue weighted by Gasteiger charge is 2.39. The predicted octanol–water partition coefficient (Wildman–Crippen LogP) is 8.03. The number of hydrogen-bond donors (Lipinski definition) is 1. The molecule has 1 N–H and O–H groups in total. The van der Waals surface area contributed by atoms with Crippen LogP contribution >= 0.6 is 34.5 Å². The second-order valence-corrected chi connectivity index (χ2v) is 10.7. The van der Waals surface area contributed by atoms with Gasteiger partial charge in [-0.1, -0.05) is 60.4 Å². The Bertz CT molecular complexity index is 1440. The van der Waals surface area contributed by atoms with Gasteiger partial charge in [-0.15, -0.1) is 11.3 Å². The van der Waals surface area contributed by atoms with Gasteiger partial charge in [-0.2, -0.15) is 0 Å². The average molecular weight is 540 g/mol. The van der Waals surface area contributed by atoms with Gasteiger partial charge in [0.1, 0.15) is 24.2 Å². The maximum Gasteiger partial charge on any atom is 0.335 e. The minimum absolute atomic E-state index is 0.141. The van der Waals surface area contributed by atoms with Gasteiger partial charge in [0.25, 0.3) is 0 Å². The lowest BCUT2D eigenvalue weighted by Crippen LogP contribution is -2.33. The molecule has 36 heavy (non-hydrogen) atoms. The van der Waals surface area contributed by atoms with Crippen molar-refractivity contribution < 1.29 is 19.5 Å². The van der Waals surface area contributed by atoms with Crippen LogP contribution in [0.5, 0.6) is 5.75 Å². The van der Waals surface area contributed by atoms with Gasteiger partial charge in [-0.25, -0.2) is 4.79 Å². The van der Waals surface area contributed by atoms with Crippen LogP contribution in [-0.2, 0) is 4.84 Å². The largest absolute Gasteiger partial charge is 0.493 e. The number of ether oxygens (including phenoxy) is 1. The molecule has 0 spiro atoms. The second-order valence-electron chi connectivity index (χ2n) is 8.99. The van der Waals surface area contributed by atoms with Gasteiger partial charge in [0.2, 0.25) is 0 Å². The number of nitrogens with zero attached hydrogens (tertiary/aromatic N) is 1. The van der Waals surface area contributed by atoms with E-state index >= 15 is 0 Å². The molecule has 1 aliphatic heterocycles. The molecule has 1 aromatic heterocycles. The van der Waals surface area contributed by atoms with Crippen LogP contribution in [0.1, 0.15) is 29.8 Å². The first-order chi connectivity index (χ1) is 17.3. The highest BCUT2D eigenvalue weighted by atomic mass is 35.5. The van der Waals surface area contributed by atoms with E-state index in [1.807, 2.05) is 35.7 Å². The lowest BCUT2D eigenvalue weighted by Gasteiger charge is -2.23. The van der Waals surface area contributed by atoms with Crippen molar-refractivity contribution in [3.63, 3.8) is 0 Å². The number of carbonyl (C=O) groups is 1. The van der Waals surface area contributed by atoms with E-state index in [2.05, 4.69) is 19.0 Å². The van der Waals surface area contributed by atoms with Crippen LogP contribution in [0.25, 0.3) is 21.2 Å². The summed E-state index contributed by atoms with van der Waals surface area (Å²) >= 11 is 14.5. The molecule has 2 heterocycles. The summed E-state index contributed by atoms with van der Waals surface area (Å²) in [6.07, 6.45) is -0.160. The number of carboxylic acid groups (broad SMARTS) is 1. The van der Waals surface area contributed by atoms with Crippen LogP contribution in [0, 0.1) is 11.8 Å². The third kappa shape index (κ3) is 4.69. The number of hydrogen-bond acceptors (Lipinski definition) is 5. The summed E-state index contributed by atoms with van der Waals surface area (Å²) in [6, 6.07) is 18.4. The van der Waals surface area contributed by atoms with Crippen molar-refractivity contribution in [1.82, 2.24) is 0 Å². The summed E-state index contributed by atoms with van der Waals surface area (Å²) in [6.45, 7) is 4.52. The van der Waals surface area contributed by atoms with E-state index in [-0.39, 0.29) is 23.5 Å². The van der Waals surface area contributed by atoms with Crippen molar-refractivity contribution in [1.29, 1.82) is 0 Å². The standard InChI is InChI=1S/C28H23Cl2NO4S/c1-15(2)27-20(26(31-35-27)25-22(29)4-3-5-23(25)30)13-34-18-9-6-16(7-10-18)21-14-36-24-11-8-17(28(32)33)12-19(21)24/h3-12,14-15,20,27H,13H2,1-2H3,(H,32,33). The SMILES string of the molecule is CC(C)C1ON=C(c2c(Cl)cccc2Cl)C1COc1ccc(-c2csc3ccc(C(=O)O)cc23)cc1. The molecule has 0 saturated carbocycles. The van der Waals surface area contributed by atoms with Gasteiger partial charge in [0, 0.05) is 21.2 Å². The summed E-state index contributed by atoms with van der Waals surface area (Å²) in [7, 11) is 0. The molecule has 4 aromatic rings. The molecule has 184 valence electrons. The van der Waals surface area contributed by atoms with E-state index in [0.29, 0.717) is 33.7 Å². The minimum Gasteiger partial charge on any atom is -0.493 e. The number of thiophene rings is 1. The van der Waals surface area contributed by atoms with Crippen molar-refractivity contribution in [3.8, 4) is 16.9 Å². The van der Waals surface area contributed by atoms with Gasteiger partial charge in [-0.3, -0.25) is 0 Å². The van der Waals surface area contributed by atoms with Crippen LogP contribution < -0.4 is 4.74 Å². The first-order valence-corrected chi connectivity index (χ1v) is 13.1. The van der Waals surface area contributed by atoms with E-state index < -0.39 is 5.97 Å². The summed E-state index contributed by atoms with van der Waals surface area (Å²) in [4.78, 5) is 17.2. The van der Waals surface area contributed by atoms with Gasteiger partial charge in [0.05, 0.1) is 21.5 Å². The zero-order chi connectivity index (χ0) is 25.4. The Hall–Kier alpha value is -3.06. The van der Waals surface area contributed by atoms with Crippen molar-refractivity contribution >= 4 is 56.3 Å². The molecular formula is C28H23Cl2NO4S. The Kier molecular flexibility index (Phi) is 6.93. The Labute approximate surface area is 222 Å². The van der Waals surface area contributed by atoms with Crippen LogP contribution in [0.15, 0.2) is 71.2 Å². The summed E-state index contributed by atoms with van der Waals surface area (Å²) in [5.74, 6) is -0.152. The minimum atomic E-state index is -0.936. The maximum absolute atomic E-state index is 11.4. The number of aromatic carboxylic acids is 1. The Morgan fingerprint density at radius 1 is 1.11 bits per heavy atom. The highest BCUT2D eigenvalue weighted by Crippen LogP contribution is 2.37. The van der Waals surface area contributed by atoms with Crippen LogP contribution in [-0.4, -0.2) is 29.5 Å². The molecule has 1 aliphatic rings. The zero-order valence-corrected chi connectivity index (χ0v) is 21.9. The predicted molar refractivity (Wildman–Crippen MR) is 146 cm³/mol. The molecule has 2 atom stereocenters. The van der Waals surface area contributed by atoms with E-state index in [1.54, 1.807) is 41.7 Å². The number of halogens is 2. The number of fused-ring (bicyclic) bond motifs is 1. The van der Waals surface area contributed by atoms with E-state index in [4.69, 9.17) is 32.8 Å². The highest BCUT2D eigenvalue weighted by molar-refractivity contribution is 7.17. The Morgan fingerprint density at radius 3 is 2.50 bits per heavy atom. The Balaban J connectivity index is 1.37. The first-order valence-electron chi connectivity index (χ1n) is 11.5. The molecule has 0 fully saturated rings. The molecule has 0 bridgehead atoms. The zero-order valence-electron chi connectivity index (χ0n) is 19.6. The lowest BCUT2D eigenvalue weighted by molar-refractivity contribution is 0.0178. The maximum atomic E-state index is 11.4.